The molecule has 42 heavy (non-hydrogen) atoms. The zero-order chi connectivity index (χ0) is 29.2. The fraction of sp³-hybridized carbons (Fsp3) is 0.524. The normalized spacial score (nSPS) is 36.0. The van der Waals surface area contributed by atoms with E-state index in [0.29, 0.717) is 28.7 Å². The standard InChI is InChI=1S/C21H26N10O7P2S2/c22-18-16-20(26-6-24-18)30(8-28-16)12-1-10-3-34-40(33,42)38-13-2-15(31-9-29-17-19(23)25-7-27-21(17)31)37-14(13)5-36-39(32,41)35-4-11(10)12/h6-15H,1-5H2,(H,32,41)(H,33,42)(H2,22,24,26)(H2,23,25,27)/t10-,11-,12-,13+,14-,15-,39?,40?/m1/s1. The number of hydrogen-bond acceptors (Lipinski definition) is 15. The van der Waals surface area contributed by atoms with Crippen molar-refractivity contribution in [2.75, 3.05) is 31.3 Å². The van der Waals surface area contributed by atoms with Crippen molar-refractivity contribution in [3.8, 4) is 0 Å². The molecule has 4 aromatic rings. The summed E-state index contributed by atoms with van der Waals surface area (Å²) in [6, 6.07) is -0.150. The number of hydrogen-bond donors (Lipinski definition) is 4. The first kappa shape index (κ1) is 28.4. The van der Waals surface area contributed by atoms with Gasteiger partial charge >= 0.3 is 13.6 Å². The Morgan fingerprint density at radius 1 is 0.762 bits per heavy atom. The van der Waals surface area contributed by atoms with Crippen LogP contribution in [-0.2, 0) is 32.0 Å². The molecule has 2 aliphatic heterocycles. The maximum absolute atomic E-state index is 13.4. The van der Waals surface area contributed by atoms with Crippen LogP contribution in [0.25, 0.3) is 22.3 Å². The monoisotopic (exact) mass is 656 g/mol. The van der Waals surface area contributed by atoms with E-state index in [1.54, 1.807) is 10.9 Å². The number of fused-ring (bicyclic) bond motifs is 4. The number of nitrogens with zero attached hydrogens (tertiary/aromatic N) is 8. The van der Waals surface area contributed by atoms with E-state index < -0.39 is 32.0 Å². The van der Waals surface area contributed by atoms with Crippen LogP contribution in [0.1, 0.15) is 25.1 Å². The molecule has 8 atom stereocenters. The number of rotatable bonds is 2. The zero-order valence-corrected chi connectivity index (χ0v) is 25.3. The van der Waals surface area contributed by atoms with Gasteiger partial charge in [0.1, 0.15) is 42.1 Å². The fourth-order valence-corrected chi connectivity index (χ4v) is 8.38. The average molecular weight is 657 g/mol. The summed E-state index contributed by atoms with van der Waals surface area (Å²) in [4.78, 5) is 25.1. The Balaban J connectivity index is 1.12. The smallest absolute Gasteiger partial charge is 0.382 e. The van der Waals surface area contributed by atoms with E-state index in [-0.39, 0.29) is 55.8 Å². The van der Waals surface area contributed by atoms with E-state index in [2.05, 4.69) is 54.4 Å². The third kappa shape index (κ3) is 5.20. The molecule has 4 aromatic heterocycles. The summed E-state index contributed by atoms with van der Waals surface area (Å²) < 4.78 is 59.3. The molecule has 4 N–H and O–H groups in total. The van der Waals surface area contributed by atoms with Crippen molar-refractivity contribution in [2.45, 2.75) is 37.3 Å². The van der Waals surface area contributed by atoms with Gasteiger partial charge in [0.15, 0.2) is 22.9 Å². The number of nitrogen functional groups attached to an aromatic ring is 2. The molecule has 6 heterocycles. The third-order valence-electron chi connectivity index (χ3n) is 7.82. The summed E-state index contributed by atoms with van der Waals surface area (Å²) >= 11 is 8.44. The van der Waals surface area contributed by atoms with Crippen molar-refractivity contribution in [1.82, 2.24) is 39.0 Å². The van der Waals surface area contributed by atoms with Crippen LogP contribution in [0.15, 0.2) is 25.3 Å². The molecule has 2 saturated heterocycles. The van der Waals surface area contributed by atoms with Crippen LogP contribution in [0, 0.1) is 11.8 Å². The molecule has 3 aliphatic rings. The lowest BCUT2D eigenvalue weighted by atomic mass is 9.70. The lowest BCUT2D eigenvalue weighted by molar-refractivity contribution is -0.0365. The molecule has 3 fully saturated rings. The first-order valence-electron chi connectivity index (χ1n) is 12.9. The van der Waals surface area contributed by atoms with E-state index in [0.717, 1.165) is 0 Å². The second-order valence-corrected chi connectivity index (χ2v) is 16.0. The number of anilines is 2. The molecule has 2 unspecified atom stereocenters. The number of ether oxygens (including phenoxy) is 1. The van der Waals surface area contributed by atoms with Crippen LogP contribution in [0.5, 0.6) is 0 Å². The van der Waals surface area contributed by atoms with Crippen molar-refractivity contribution in [3.63, 3.8) is 0 Å². The first-order valence-corrected chi connectivity index (χ1v) is 18.3. The van der Waals surface area contributed by atoms with E-state index in [9.17, 15) is 9.13 Å². The molecule has 7 rings (SSSR count). The third-order valence-corrected chi connectivity index (χ3v) is 11.1. The quantitative estimate of drug-likeness (QED) is 0.180. The molecule has 0 bridgehead atoms. The highest BCUT2D eigenvalue weighted by atomic mass is 32.7. The van der Waals surface area contributed by atoms with Gasteiger partial charge in [-0.15, -0.1) is 0 Å². The Morgan fingerprint density at radius 3 is 2.10 bits per heavy atom. The van der Waals surface area contributed by atoms with Gasteiger partial charge in [-0.1, -0.05) is 24.5 Å². The zero-order valence-electron chi connectivity index (χ0n) is 21.7. The van der Waals surface area contributed by atoms with Crippen molar-refractivity contribution < 1.29 is 32.0 Å². The van der Waals surface area contributed by atoms with Gasteiger partial charge in [0.2, 0.25) is 0 Å². The molecule has 1 aliphatic carbocycles. The van der Waals surface area contributed by atoms with Crippen molar-refractivity contribution in [2.24, 2.45) is 11.8 Å². The Hall–Kier alpha value is -2.34. The van der Waals surface area contributed by atoms with E-state index in [4.69, 9.17) is 34.3 Å². The minimum absolute atomic E-state index is 0.0111. The summed E-state index contributed by atoms with van der Waals surface area (Å²) in [6.07, 6.45) is 4.35. The molecule has 0 spiro atoms. The molecule has 0 amide bonds. The van der Waals surface area contributed by atoms with E-state index in [1.807, 2.05) is 4.57 Å². The van der Waals surface area contributed by atoms with Gasteiger partial charge in [-0.25, -0.2) is 39.0 Å². The van der Waals surface area contributed by atoms with Crippen molar-refractivity contribution >= 4 is 72.1 Å². The average Bonchev–Trinajstić information content (AvgIpc) is 3.64. The number of imidazole rings is 2. The van der Waals surface area contributed by atoms with Crippen molar-refractivity contribution in [1.29, 1.82) is 0 Å². The number of aromatic nitrogens is 8. The van der Waals surface area contributed by atoms with Gasteiger partial charge in [-0.05, 0) is 12.3 Å². The fourth-order valence-electron chi connectivity index (χ4n) is 5.64. The topological polar surface area (TPSA) is 220 Å². The maximum Gasteiger partial charge on any atom is 0.386 e. The predicted molar refractivity (Wildman–Crippen MR) is 155 cm³/mol. The lowest BCUT2D eigenvalue weighted by Gasteiger charge is -2.45. The summed E-state index contributed by atoms with van der Waals surface area (Å²) in [6.45, 7) is -7.89. The van der Waals surface area contributed by atoms with E-state index >= 15 is 0 Å². The molecule has 0 aromatic carbocycles. The van der Waals surface area contributed by atoms with Gasteiger partial charge < -0.3 is 29.8 Å². The Kier molecular flexibility index (Phi) is 7.23. The molecular weight excluding hydrogens is 630 g/mol. The SMILES string of the molecule is Nc1ncnc2c1ncn2[C@@H]1C[C@@H]2COP(=O)(S)O[C@H]3C[C@H](n4cnc5c(N)ncnc54)O[C@@H]3COP(=O)(S)OC[C@H]21. The van der Waals surface area contributed by atoms with Gasteiger partial charge in [0.05, 0.1) is 32.5 Å². The first-order chi connectivity index (χ1) is 20.1. The van der Waals surface area contributed by atoms with E-state index in [1.165, 1.54) is 19.0 Å². The predicted octanol–water partition coefficient (Wildman–Crippen LogP) is 2.82. The van der Waals surface area contributed by atoms with Gasteiger partial charge in [-0.3, -0.25) is 13.6 Å². The molecule has 21 heteroatoms. The molecule has 0 radical (unpaired) electrons. The highest BCUT2D eigenvalue weighted by Gasteiger charge is 2.47. The minimum Gasteiger partial charge on any atom is -0.382 e. The molecule has 224 valence electrons. The summed E-state index contributed by atoms with van der Waals surface area (Å²) in [5, 5.41) is 0. The van der Waals surface area contributed by atoms with Crippen LogP contribution < -0.4 is 11.5 Å². The summed E-state index contributed by atoms with van der Waals surface area (Å²) in [5.41, 5.74) is 13.8. The van der Waals surface area contributed by atoms with Crippen LogP contribution >= 0.6 is 38.1 Å². The number of thiol groups is 2. The van der Waals surface area contributed by atoms with Gasteiger partial charge in [0.25, 0.3) is 0 Å². The maximum atomic E-state index is 13.4. The summed E-state index contributed by atoms with van der Waals surface area (Å²) in [5.74, 6) is 0.103. The highest BCUT2D eigenvalue weighted by molar-refractivity contribution is 8.44. The van der Waals surface area contributed by atoms with Gasteiger partial charge in [-0.2, -0.15) is 0 Å². The number of nitrogens with two attached hydrogens (primary N) is 2. The molecule has 1 saturated carbocycles. The molecular formula is C21H26N10O7P2S2. The highest BCUT2D eigenvalue weighted by Crippen LogP contribution is 2.60. The van der Waals surface area contributed by atoms with Crippen LogP contribution in [0.3, 0.4) is 0 Å². The summed E-state index contributed by atoms with van der Waals surface area (Å²) in [7, 11) is 0. The van der Waals surface area contributed by atoms with Gasteiger partial charge in [0, 0.05) is 18.4 Å². The van der Waals surface area contributed by atoms with Crippen LogP contribution in [0.4, 0.5) is 11.6 Å². The Labute approximate surface area is 248 Å². The Morgan fingerprint density at radius 2 is 1.38 bits per heavy atom. The Bertz CT molecular complexity index is 1680. The molecule has 17 nitrogen and oxygen atoms in total. The second-order valence-electron chi connectivity index (χ2n) is 10.2. The minimum atomic E-state index is -3.87. The van der Waals surface area contributed by atoms with Crippen molar-refractivity contribution in [3.05, 3.63) is 25.3 Å². The largest absolute Gasteiger partial charge is 0.386 e. The van der Waals surface area contributed by atoms with Crippen LogP contribution in [0.2, 0.25) is 0 Å². The second kappa shape index (κ2) is 10.7. The lowest BCUT2D eigenvalue weighted by Crippen LogP contribution is -2.43. The van der Waals surface area contributed by atoms with Crippen LogP contribution in [-0.4, -0.2) is 71.1 Å².